The Morgan fingerprint density at radius 1 is 1.27 bits per heavy atom. The second kappa shape index (κ2) is 5.76. The van der Waals surface area contributed by atoms with Gasteiger partial charge in [0.1, 0.15) is 0 Å². The Morgan fingerprint density at radius 2 is 1.82 bits per heavy atom. The molecule has 10 heteroatoms. The molecule has 22 heavy (non-hydrogen) atoms. The van der Waals surface area contributed by atoms with Gasteiger partial charge in [-0.05, 0) is 32.0 Å². The molecule has 0 heterocycles. The van der Waals surface area contributed by atoms with E-state index in [9.17, 15) is 26.4 Å². The zero-order chi connectivity index (χ0) is 17.3. The minimum Gasteiger partial charge on any atom is -0.383 e. The fourth-order valence-electron chi connectivity index (χ4n) is 1.49. The zero-order valence-corrected chi connectivity index (χ0v) is 12.7. The number of primary sulfonamides is 1. The highest BCUT2D eigenvalue weighted by atomic mass is 32.2. The Kier molecular flexibility index (Phi) is 4.78. The van der Waals surface area contributed by atoms with E-state index in [4.69, 9.17) is 10.9 Å². The third-order valence-electron chi connectivity index (χ3n) is 3.01. The number of halogens is 3. The summed E-state index contributed by atoms with van der Waals surface area (Å²) in [4.78, 5) is 10.5. The fourth-order valence-corrected chi connectivity index (χ4v) is 2.03. The summed E-state index contributed by atoms with van der Waals surface area (Å²) in [5.74, 6) is -0.685. The maximum Gasteiger partial charge on any atom is 0.418 e. The predicted octanol–water partition coefficient (Wildman–Crippen LogP) is 1.28. The number of rotatable bonds is 5. The van der Waals surface area contributed by atoms with Crippen LogP contribution in [0.15, 0.2) is 23.1 Å². The van der Waals surface area contributed by atoms with Crippen LogP contribution in [-0.4, -0.2) is 20.9 Å². The van der Waals surface area contributed by atoms with E-state index in [2.05, 4.69) is 5.32 Å². The Balaban J connectivity index is 3.23. The summed E-state index contributed by atoms with van der Waals surface area (Å²) in [5.41, 5.74) is 2.50. The highest BCUT2D eigenvalue weighted by Crippen LogP contribution is 2.36. The minimum absolute atomic E-state index is 0.153. The van der Waals surface area contributed by atoms with Crippen LogP contribution in [0.5, 0.6) is 0 Å². The van der Waals surface area contributed by atoms with E-state index in [0.717, 1.165) is 12.1 Å². The van der Waals surface area contributed by atoms with E-state index < -0.39 is 38.0 Å². The van der Waals surface area contributed by atoms with Crippen LogP contribution in [0.25, 0.3) is 0 Å². The number of amides is 1. The standard InChI is InChI=1S/C12H16F3N3O3S/c1-11(2,10(16)19)6-18-9-4-3-7(22(17,20)21)5-8(9)12(13,14)15/h3-5,18H,6H2,1-2H3,(H2,16,19)(H2,17,20,21). The summed E-state index contributed by atoms with van der Waals surface area (Å²) in [6.07, 6.45) is -4.79. The average Bonchev–Trinajstić information content (AvgIpc) is 2.33. The molecule has 1 rings (SSSR count). The Hall–Kier alpha value is -1.81. The monoisotopic (exact) mass is 339 g/mol. The summed E-state index contributed by atoms with van der Waals surface area (Å²) in [6, 6.07) is 2.33. The number of anilines is 1. The van der Waals surface area contributed by atoms with Gasteiger partial charge in [-0.3, -0.25) is 4.79 Å². The van der Waals surface area contributed by atoms with Crippen molar-refractivity contribution in [1.82, 2.24) is 0 Å². The average molecular weight is 339 g/mol. The Bertz CT molecular complexity index is 685. The van der Waals surface area contributed by atoms with Crippen LogP contribution in [0, 0.1) is 5.41 Å². The lowest BCUT2D eigenvalue weighted by molar-refractivity contribution is -0.137. The highest BCUT2D eigenvalue weighted by molar-refractivity contribution is 7.89. The second-order valence-corrected chi connectivity index (χ2v) is 6.91. The van der Waals surface area contributed by atoms with Crippen molar-refractivity contribution in [1.29, 1.82) is 0 Å². The normalized spacial score (nSPS) is 13.0. The van der Waals surface area contributed by atoms with E-state index in [-0.39, 0.29) is 12.2 Å². The highest BCUT2D eigenvalue weighted by Gasteiger charge is 2.35. The molecule has 0 aromatic heterocycles. The first kappa shape index (κ1) is 18.2. The van der Waals surface area contributed by atoms with Crippen LogP contribution in [0.1, 0.15) is 19.4 Å². The molecule has 1 aromatic rings. The molecule has 1 amide bonds. The third-order valence-corrected chi connectivity index (χ3v) is 3.92. The van der Waals surface area contributed by atoms with Crippen molar-refractivity contribution in [3.8, 4) is 0 Å². The lowest BCUT2D eigenvalue weighted by Gasteiger charge is -2.23. The first-order valence-corrected chi connectivity index (χ1v) is 7.57. The van der Waals surface area contributed by atoms with Crippen LogP contribution in [0.2, 0.25) is 0 Å². The number of carbonyl (C=O) groups is 1. The number of nitrogens with one attached hydrogen (secondary N) is 1. The van der Waals surface area contributed by atoms with Crippen molar-refractivity contribution in [3.05, 3.63) is 23.8 Å². The lowest BCUT2D eigenvalue weighted by atomic mass is 9.92. The van der Waals surface area contributed by atoms with E-state index in [1.54, 1.807) is 0 Å². The maximum absolute atomic E-state index is 13.0. The number of sulfonamides is 1. The molecular formula is C12H16F3N3O3S. The first-order valence-electron chi connectivity index (χ1n) is 6.03. The minimum atomic E-state index is -4.79. The van der Waals surface area contributed by atoms with Crippen LogP contribution in [-0.2, 0) is 21.0 Å². The van der Waals surface area contributed by atoms with Crippen molar-refractivity contribution in [3.63, 3.8) is 0 Å². The Morgan fingerprint density at radius 3 is 2.23 bits per heavy atom. The van der Waals surface area contributed by atoms with Crippen LogP contribution < -0.4 is 16.2 Å². The molecule has 0 spiro atoms. The van der Waals surface area contributed by atoms with Crippen molar-refractivity contribution in [2.75, 3.05) is 11.9 Å². The van der Waals surface area contributed by atoms with Gasteiger partial charge in [-0.2, -0.15) is 13.2 Å². The van der Waals surface area contributed by atoms with Crippen molar-refractivity contribution >= 4 is 21.6 Å². The summed E-state index contributed by atoms with van der Waals surface area (Å²) < 4.78 is 61.4. The molecule has 0 bridgehead atoms. The van der Waals surface area contributed by atoms with Gasteiger partial charge in [0.15, 0.2) is 0 Å². The number of primary amides is 1. The molecule has 6 nitrogen and oxygen atoms in total. The number of hydrogen-bond acceptors (Lipinski definition) is 4. The van der Waals surface area contributed by atoms with Crippen LogP contribution in [0.3, 0.4) is 0 Å². The zero-order valence-electron chi connectivity index (χ0n) is 11.9. The summed E-state index contributed by atoms with van der Waals surface area (Å²) in [5, 5.41) is 7.29. The van der Waals surface area contributed by atoms with Gasteiger partial charge in [0.2, 0.25) is 15.9 Å². The third kappa shape index (κ3) is 4.34. The van der Waals surface area contributed by atoms with E-state index in [1.807, 2.05) is 0 Å². The summed E-state index contributed by atoms with van der Waals surface area (Å²) in [7, 11) is -4.26. The summed E-state index contributed by atoms with van der Waals surface area (Å²) in [6.45, 7) is 2.78. The van der Waals surface area contributed by atoms with Crippen molar-refractivity contribution in [2.24, 2.45) is 16.3 Å². The van der Waals surface area contributed by atoms with Gasteiger partial charge in [0.25, 0.3) is 0 Å². The number of hydrogen-bond donors (Lipinski definition) is 3. The van der Waals surface area contributed by atoms with Gasteiger partial charge < -0.3 is 11.1 Å². The molecule has 0 saturated heterocycles. The van der Waals surface area contributed by atoms with Crippen LogP contribution >= 0.6 is 0 Å². The van der Waals surface area contributed by atoms with Gasteiger partial charge in [0, 0.05) is 12.2 Å². The van der Waals surface area contributed by atoms with E-state index in [0.29, 0.717) is 6.07 Å². The molecule has 124 valence electrons. The van der Waals surface area contributed by atoms with Gasteiger partial charge >= 0.3 is 6.18 Å². The first-order chi connectivity index (χ1) is 9.75. The number of carbonyl (C=O) groups excluding carboxylic acids is 1. The molecular weight excluding hydrogens is 323 g/mol. The van der Waals surface area contributed by atoms with Gasteiger partial charge in [0.05, 0.1) is 15.9 Å². The lowest BCUT2D eigenvalue weighted by Crippen LogP contribution is -2.37. The fraction of sp³-hybridized carbons (Fsp3) is 0.417. The smallest absolute Gasteiger partial charge is 0.383 e. The molecule has 1 aromatic carbocycles. The molecule has 0 aliphatic heterocycles. The largest absolute Gasteiger partial charge is 0.418 e. The molecule has 0 fully saturated rings. The topological polar surface area (TPSA) is 115 Å². The van der Waals surface area contributed by atoms with Gasteiger partial charge in [-0.25, -0.2) is 13.6 Å². The maximum atomic E-state index is 13.0. The number of alkyl halides is 3. The van der Waals surface area contributed by atoms with E-state index in [1.165, 1.54) is 13.8 Å². The van der Waals surface area contributed by atoms with Crippen molar-refractivity contribution in [2.45, 2.75) is 24.9 Å². The molecule has 0 unspecified atom stereocenters. The predicted molar refractivity (Wildman–Crippen MR) is 74.3 cm³/mol. The quantitative estimate of drug-likeness (QED) is 0.749. The molecule has 0 saturated carbocycles. The molecule has 0 atom stereocenters. The van der Waals surface area contributed by atoms with Gasteiger partial charge in [-0.1, -0.05) is 0 Å². The van der Waals surface area contributed by atoms with Crippen LogP contribution in [0.4, 0.5) is 18.9 Å². The molecule has 0 aliphatic rings. The molecule has 0 radical (unpaired) electrons. The SMILES string of the molecule is CC(C)(CNc1ccc(S(N)(=O)=O)cc1C(F)(F)F)C(N)=O. The summed E-state index contributed by atoms with van der Waals surface area (Å²) >= 11 is 0. The number of benzene rings is 1. The molecule has 5 N–H and O–H groups in total. The second-order valence-electron chi connectivity index (χ2n) is 5.35. The van der Waals surface area contributed by atoms with Gasteiger partial charge in [-0.15, -0.1) is 0 Å². The Labute approximate surface area is 125 Å². The van der Waals surface area contributed by atoms with E-state index >= 15 is 0 Å². The molecule has 0 aliphatic carbocycles. The van der Waals surface area contributed by atoms with Crippen molar-refractivity contribution < 1.29 is 26.4 Å². The number of nitrogens with two attached hydrogens (primary N) is 2.